The molecule has 0 spiro atoms. The first-order chi connectivity index (χ1) is 5.87. The van der Waals surface area contributed by atoms with E-state index in [0.717, 1.165) is 6.42 Å². The summed E-state index contributed by atoms with van der Waals surface area (Å²) < 4.78 is 24.9. The van der Waals surface area contributed by atoms with Crippen LogP contribution in [0.4, 0.5) is 4.39 Å². The summed E-state index contributed by atoms with van der Waals surface area (Å²) in [6, 6.07) is -0.106. The van der Waals surface area contributed by atoms with Crippen LogP contribution in [-0.2, 0) is 9.47 Å². The lowest BCUT2D eigenvalue weighted by Crippen LogP contribution is -2.59. The molecule has 0 aromatic rings. The SMILES string of the molecule is BC(C)O[C@@]1(F)CCCOC1(B)B. The highest BCUT2D eigenvalue weighted by atomic mass is 19.2. The second-order valence-corrected chi connectivity index (χ2v) is 4.36. The summed E-state index contributed by atoms with van der Waals surface area (Å²) in [7, 11) is 5.33. The first-order valence-electron chi connectivity index (χ1n) is 4.88. The van der Waals surface area contributed by atoms with Crippen LogP contribution in [-0.4, -0.2) is 47.4 Å². The summed E-state index contributed by atoms with van der Waals surface area (Å²) in [5.74, 6) is -1.63. The van der Waals surface area contributed by atoms with Gasteiger partial charge < -0.3 is 9.47 Å². The summed E-state index contributed by atoms with van der Waals surface area (Å²) in [4.78, 5) is 0. The lowest BCUT2D eigenvalue weighted by atomic mass is 9.58. The predicted molar refractivity (Wildman–Crippen MR) is 57.9 cm³/mol. The molecule has 1 aliphatic rings. The summed E-state index contributed by atoms with van der Waals surface area (Å²) in [6.07, 6.45) is 1.16. The van der Waals surface area contributed by atoms with E-state index in [1.807, 2.05) is 14.8 Å². The molecule has 0 bridgehead atoms. The van der Waals surface area contributed by atoms with Crippen molar-refractivity contribution in [2.24, 2.45) is 0 Å². The molecule has 13 heavy (non-hydrogen) atoms. The fourth-order valence-electron chi connectivity index (χ4n) is 1.61. The van der Waals surface area contributed by atoms with E-state index < -0.39 is 11.3 Å². The third-order valence-corrected chi connectivity index (χ3v) is 2.43. The summed E-state index contributed by atoms with van der Waals surface area (Å²) in [6.45, 7) is 2.46. The molecule has 1 saturated heterocycles. The molecule has 0 amide bonds. The number of halogens is 1. The zero-order valence-corrected chi connectivity index (χ0v) is 8.89. The molecular weight excluding hydrogens is 168 g/mol. The van der Waals surface area contributed by atoms with Gasteiger partial charge in [0.25, 0.3) is 0 Å². The van der Waals surface area contributed by atoms with Gasteiger partial charge in [-0.3, -0.25) is 0 Å². The Hall–Kier alpha value is 0.0448. The van der Waals surface area contributed by atoms with Gasteiger partial charge in [0, 0.05) is 19.0 Å². The molecule has 1 unspecified atom stereocenters. The third kappa shape index (κ3) is 2.29. The van der Waals surface area contributed by atoms with Crippen LogP contribution in [0.3, 0.4) is 0 Å². The maximum absolute atomic E-state index is 14.3. The smallest absolute Gasteiger partial charge is 0.222 e. The number of alkyl halides is 1. The molecule has 6 heteroatoms. The first kappa shape index (κ1) is 11.1. The standard InChI is InChI=1S/C7H16B3FO2/c1-5(8)13-6(11)3-2-4-12-7(6,9)10/h5H,2-4,8-10H2,1H3/t5?,6-/m0/s1. The largest absolute Gasteiger partial charge is 0.387 e. The minimum atomic E-state index is -1.63. The average Bonchev–Trinajstić information content (AvgIpc) is 1.94. The van der Waals surface area contributed by atoms with Crippen LogP contribution in [0.25, 0.3) is 0 Å². The van der Waals surface area contributed by atoms with Crippen LogP contribution < -0.4 is 0 Å². The Morgan fingerprint density at radius 2 is 2.15 bits per heavy atom. The molecule has 72 valence electrons. The lowest BCUT2D eigenvalue weighted by Gasteiger charge is -2.45. The molecule has 1 rings (SSSR count). The van der Waals surface area contributed by atoms with Gasteiger partial charge in [-0.1, -0.05) is 0 Å². The fourth-order valence-corrected chi connectivity index (χ4v) is 1.61. The Labute approximate surface area is 81.8 Å². The molecule has 1 heterocycles. The van der Waals surface area contributed by atoms with Crippen molar-refractivity contribution in [3.63, 3.8) is 0 Å². The highest BCUT2D eigenvalue weighted by Crippen LogP contribution is 2.36. The molecule has 0 aliphatic carbocycles. The number of rotatable bonds is 2. The van der Waals surface area contributed by atoms with Gasteiger partial charge in [0.1, 0.15) is 23.5 Å². The van der Waals surface area contributed by atoms with Crippen LogP contribution in [0.1, 0.15) is 19.8 Å². The van der Waals surface area contributed by atoms with E-state index in [2.05, 4.69) is 0 Å². The molecule has 2 nitrogen and oxygen atoms in total. The first-order valence-corrected chi connectivity index (χ1v) is 4.88. The van der Waals surface area contributed by atoms with Gasteiger partial charge in [-0.2, -0.15) is 0 Å². The maximum atomic E-state index is 14.3. The summed E-state index contributed by atoms with van der Waals surface area (Å²) in [5, 5.41) is -0.824. The van der Waals surface area contributed by atoms with Crippen LogP contribution in [0.15, 0.2) is 0 Å². The van der Waals surface area contributed by atoms with Crippen LogP contribution >= 0.6 is 0 Å². The van der Waals surface area contributed by atoms with Crippen molar-refractivity contribution in [3.05, 3.63) is 0 Å². The van der Waals surface area contributed by atoms with Gasteiger partial charge in [0.15, 0.2) is 0 Å². The predicted octanol–water partition coefficient (Wildman–Crippen LogP) is -1.62. The van der Waals surface area contributed by atoms with E-state index in [0.29, 0.717) is 13.0 Å². The Morgan fingerprint density at radius 3 is 2.62 bits per heavy atom. The third-order valence-electron chi connectivity index (χ3n) is 2.43. The van der Waals surface area contributed by atoms with Crippen molar-refractivity contribution < 1.29 is 13.9 Å². The zero-order valence-electron chi connectivity index (χ0n) is 8.89. The molecular formula is C7H16B3FO2. The maximum Gasteiger partial charge on any atom is 0.222 e. The Bertz CT molecular complexity index is 189. The van der Waals surface area contributed by atoms with E-state index in [4.69, 9.17) is 9.47 Å². The van der Waals surface area contributed by atoms with Crippen molar-refractivity contribution in [2.45, 2.75) is 37.0 Å². The van der Waals surface area contributed by atoms with E-state index in [1.54, 1.807) is 15.7 Å². The molecule has 1 aliphatic heterocycles. The van der Waals surface area contributed by atoms with E-state index >= 15 is 0 Å². The second-order valence-electron chi connectivity index (χ2n) is 4.36. The topological polar surface area (TPSA) is 18.5 Å². The van der Waals surface area contributed by atoms with Gasteiger partial charge in [-0.15, -0.1) is 0 Å². The normalized spacial score (nSPS) is 35.5. The van der Waals surface area contributed by atoms with Crippen molar-refractivity contribution in [1.29, 1.82) is 0 Å². The fraction of sp³-hybridized carbons (Fsp3) is 1.00. The van der Waals surface area contributed by atoms with Crippen LogP contribution in [0.5, 0.6) is 0 Å². The van der Waals surface area contributed by atoms with E-state index in [1.165, 1.54) is 0 Å². The summed E-state index contributed by atoms with van der Waals surface area (Å²) >= 11 is 0. The van der Waals surface area contributed by atoms with Gasteiger partial charge >= 0.3 is 0 Å². The van der Waals surface area contributed by atoms with Crippen LogP contribution in [0, 0.1) is 0 Å². The van der Waals surface area contributed by atoms with Crippen molar-refractivity contribution in [1.82, 2.24) is 0 Å². The van der Waals surface area contributed by atoms with Crippen molar-refractivity contribution in [3.8, 4) is 0 Å². The molecule has 1 fully saturated rings. The van der Waals surface area contributed by atoms with E-state index in [9.17, 15) is 4.39 Å². The van der Waals surface area contributed by atoms with Crippen LogP contribution in [0.2, 0.25) is 0 Å². The molecule has 0 N–H and O–H groups in total. The molecule has 0 radical (unpaired) electrons. The Balaban J connectivity index is 2.72. The van der Waals surface area contributed by atoms with E-state index in [-0.39, 0.29) is 6.00 Å². The molecule has 0 aromatic carbocycles. The Kier molecular flexibility index (Phi) is 3.13. The Morgan fingerprint density at radius 1 is 1.54 bits per heavy atom. The zero-order chi connectivity index (χ0) is 10.1. The van der Waals surface area contributed by atoms with Gasteiger partial charge in [0.05, 0.1) is 5.40 Å². The molecule has 2 atom stereocenters. The number of ether oxygens (including phenoxy) is 2. The lowest BCUT2D eigenvalue weighted by molar-refractivity contribution is -0.243. The highest BCUT2D eigenvalue weighted by molar-refractivity contribution is 6.40. The summed E-state index contributed by atoms with van der Waals surface area (Å²) in [5.41, 5.74) is 0. The number of hydrogen-bond donors (Lipinski definition) is 0. The minimum Gasteiger partial charge on any atom is -0.387 e. The number of hydrogen-bond acceptors (Lipinski definition) is 2. The van der Waals surface area contributed by atoms with Gasteiger partial charge in [0.2, 0.25) is 5.85 Å². The minimum absolute atomic E-state index is 0.106. The average molecular weight is 184 g/mol. The molecule has 0 saturated carbocycles. The quantitative estimate of drug-likeness (QED) is 0.479. The highest BCUT2D eigenvalue weighted by Gasteiger charge is 2.49. The van der Waals surface area contributed by atoms with Crippen molar-refractivity contribution >= 4 is 23.5 Å². The van der Waals surface area contributed by atoms with Gasteiger partial charge in [-0.05, 0) is 13.3 Å². The van der Waals surface area contributed by atoms with Gasteiger partial charge in [-0.25, -0.2) is 4.39 Å². The monoisotopic (exact) mass is 184 g/mol. The molecule has 0 aromatic heterocycles. The van der Waals surface area contributed by atoms with Crippen molar-refractivity contribution in [2.75, 3.05) is 6.61 Å². The second kappa shape index (κ2) is 3.66.